The van der Waals surface area contributed by atoms with Crippen LogP contribution in [0.4, 0.5) is 0 Å². The first-order valence-corrected chi connectivity index (χ1v) is 4.49. The van der Waals surface area contributed by atoms with Crippen LogP contribution >= 0.6 is 0 Å². The SMILES string of the molecule is [O]CCO[C@H](CO)[C@H]1OC[C@H](O)[C@H]1O. The molecule has 4 atom stereocenters. The Kier molecular flexibility index (Phi) is 4.73. The normalized spacial score (nSPS) is 34.7. The van der Waals surface area contributed by atoms with E-state index in [1.165, 1.54) is 0 Å². The molecule has 0 aromatic rings. The molecule has 0 aromatic carbocycles. The predicted molar refractivity (Wildman–Crippen MR) is 44.1 cm³/mol. The maximum Gasteiger partial charge on any atom is 0.114 e. The summed E-state index contributed by atoms with van der Waals surface area (Å²) in [6, 6.07) is 0. The van der Waals surface area contributed by atoms with E-state index in [9.17, 15) is 10.2 Å². The van der Waals surface area contributed by atoms with Crippen LogP contribution in [0.5, 0.6) is 0 Å². The van der Waals surface area contributed by atoms with Gasteiger partial charge in [-0.25, -0.2) is 5.11 Å². The van der Waals surface area contributed by atoms with E-state index in [4.69, 9.17) is 19.7 Å². The molecule has 0 spiro atoms. The zero-order valence-electron chi connectivity index (χ0n) is 7.70. The minimum absolute atomic E-state index is 0.0169. The Balaban J connectivity index is 2.43. The molecule has 0 saturated carbocycles. The Bertz CT molecular complexity index is 164. The fourth-order valence-corrected chi connectivity index (χ4v) is 1.40. The first-order valence-electron chi connectivity index (χ1n) is 4.49. The molecule has 6 nitrogen and oxygen atoms in total. The lowest BCUT2D eigenvalue weighted by Gasteiger charge is -2.23. The van der Waals surface area contributed by atoms with Crippen LogP contribution in [-0.4, -0.2) is 66.2 Å². The van der Waals surface area contributed by atoms with E-state index in [-0.39, 0.29) is 19.8 Å². The molecule has 83 valence electrons. The van der Waals surface area contributed by atoms with Crippen molar-refractivity contribution < 1.29 is 29.9 Å². The lowest BCUT2D eigenvalue weighted by atomic mass is 10.1. The standard InChI is InChI=1S/C8H15O6/c9-1-2-13-6(3-10)8-7(12)5(11)4-14-8/h5-8,10-12H,1-4H2/t5-,6+,7+,8+/m0/s1. The highest BCUT2D eigenvalue weighted by atomic mass is 16.6. The zero-order chi connectivity index (χ0) is 10.6. The monoisotopic (exact) mass is 207 g/mol. The predicted octanol–water partition coefficient (Wildman–Crippen LogP) is -2.08. The topological polar surface area (TPSA) is 99.1 Å². The molecule has 1 fully saturated rings. The first-order chi connectivity index (χ1) is 6.70. The third-order valence-electron chi connectivity index (χ3n) is 2.15. The quantitative estimate of drug-likeness (QED) is 0.480. The van der Waals surface area contributed by atoms with Crippen molar-refractivity contribution in [1.29, 1.82) is 0 Å². The molecule has 1 rings (SSSR count). The Morgan fingerprint density at radius 1 is 1.50 bits per heavy atom. The number of hydrogen-bond donors (Lipinski definition) is 3. The molecule has 1 aliphatic heterocycles. The number of aliphatic hydroxyl groups is 3. The maximum absolute atomic E-state index is 10.2. The fourth-order valence-electron chi connectivity index (χ4n) is 1.40. The van der Waals surface area contributed by atoms with Gasteiger partial charge in [-0.1, -0.05) is 0 Å². The summed E-state index contributed by atoms with van der Waals surface area (Å²) in [4.78, 5) is 0. The van der Waals surface area contributed by atoms with Crippen molar-refractivity contribution in [3.8, 4) is 0 Å². The number of aliphatic hydroxyl groups excluding tert-OH is 3. The van der Waals surface area contributed by atoms with E-state index >= 15 is 0 Å². The molecule has 0 amide bonds. The van der Waals surface area contributed by atoms with Gasteiger partial charge in [-0.3, -0.25) is 0 Å². The Labute approximate surface area is 81.7 Å². The summed E-state index contributed by atoms with van der Waals surface area (Å²) in [7, 11) is 0. The molecule has 0 aliphatic carbocycles. The second-order valence-electron chi connectivity index (χ2n) is 3.15. The van der Waals surface area contributed by atoms with Crippen LogP contribution in [0.2, 0.25) is 0 Å². The zero-order valence-corrected chi connectivity index (χ0v) is 7.70. The van der Waals surface area contributed by atoms with Crippen LogP contribution in [0.25, 0.3) is 0 Å². The fraction of sp³-hybridized carbons (Fsp3) is 1.00. The second kappa shape index (κ2) is 5.59. The van der Waals surface area contributed by atoms with Gasteiger partial charge in [0.1, 0.15) is 31.0 Å². The molecule has 0 aromatic heterocycles. The minimum Gasteiger partial charge on any atom is -0.394 e. The molecule has 6 heteroatoms. The Hall–Kier alpha value is -0.240. The van der Waals surface area contributed by atoms with Gasteiger partial charge in [-0.2, -0.15) is 0 Å². The molecule has 1 saturated heterocycles. The van der Waals surface area contributed by atoms with Crippen molar-refractivity contribution in [3.05, 3.63) is 0 Å². The van der Waals surface area contributed by atoms with Crippen LogP contribution in [0, 0.1) is 0 Å². The van der Waals surface area contributed by atoms with Crippen LogP contribution in [0.3, 0.4) is 0 Å². The molecular weight excluding hydrogens is 192 g/mol. The van der Waals surface area contributed by atoms with Crippen molar-refractivity contribution in [2.24, 2.45) is 0 Å². The molecule has 1 aliphatic rings. The third kappa shape index (κ3) is 2.63. The Morgan fingerprint density at radius 3 is 2.64 bits per heavy atom. The smallest absolute Gasteiger partial charge is 0.114 e. The summed E-state index contributed by atoms with van der Waals surface area (Å²) in [6.45, 7) is -0.798. The van der Waals surface area contributed by atoms with Gasteiger partial charge in [-0.05, 0) is 0 Å². The molecule has 3 N–H and O–H groups in total. The van der Waals surface area contributed by atoms with E-state index in [0.717, 1.165) is 0 Å². The van der Waals surface area contributed by atoms with Crippen molar-refractivity contribution in [3.63, 3.8) is 0 Å². The minimum atomic E-state index is -1.07. The largest absolute Gasteiger partial charge is 0.394 e. The summed E-state index contributed by atoms with van der Waals surface area (Å²) >= 11 is 0. The van der Waals surface area contributed by atoms with Gasteiger partial charge >= 0.3 is 0 Å². The van der Waals surface area contributed by atoms with Crippen molar-refractivity contribution in [1.82, 2.24) is 0 Å². The average molecular weight is 207 g/mol. The number of ether oxygens (including phenoxy) is 2. The summed E-state index contributed by atoms with van der Waals surface area (Å²) < 4.78 is 10.0. The lowest BCUT2D eigenvalue weighted by Crippen LogP contribution is -2.42. The highest BCUT2D eigenvalue weighted by Crippen LogP contribution is 2.19. The lowest BCUT2D eigenvalue weighted by molar-refractivity contribution is -0.108. The second-order valence-corrected chi connectivity index (χ2v) is 3.15. The molecule has 14 heavy (non-hydrogen) atoms. The van der Waals surface area contributed by atoms with E-state index in [1.54, 1.807) is 0 Å². The van der Waals surface area contributed by atoms with Gasteiger partial charge in [0, 0.05) is 0 Å². The molecule has 1 heterocycles. The summed E-state index contributed by atoms with van der Waals surface area (Å²) in [5, 5.41) is 37.6. The van der Waals surface area contributed by atoms with Gasteiger partial charge < -0.3 is 24.8 Å². The van der Waals surface area contributed by atoms with E-state index in [0.29, 0.717) is 0 Å². The number of hydrogen-bond acceptors (Lipinski definition) is 5. The highest BCUT2D eigenvalue weighted by Gasteiger charge is 2.40. The van der Waals surface area contributed by atoms with Crippen LogP contribution < -0.4 is 0 Å². The molecular formula is C8H15O6. The number of rotatable bonds is 5. The van der Waals surface area contributed by atoms with Crippen molar-refractivity contribution >= 4 is 0 Å². The summed E-state index contributed by atoms with van der Waals surface area (Å²) in [6.07, 6.45) is -3.54. The first kappa shape index (κ1) is 11.8. The van der Waals surface area contributed by atoms with Crippen molar-refractivity contribution in [2.45, 2.75) is 24.4 Å². The molecule has 0 unspecified atom stereocenters. The Morgan fingerprint density at radius 2 is 2.21 bits per heavy atom. The molecule has 0 bridgehead atoms. The third-order valence-corrected chi connectivity index (χ3v) is 2.15. The van der Waals surface area contributed by atoms with Crippen LogP contribution in [0.15, 0.2) is 0 Å². The van der Waals surface area contributed by atoms with Gasteiger partial charge in [0.15, 0.2) is 0 Å². The summed E-state index contributed by atoms with van der Waals surface area (Å²) in [5.41, 5.74) is 0. The van der Waals surface area contributed by atoms with Gasteiger partial charge in [0.05, 0.1) is 19.8 Å². The van der Waals surface area contributed by atoms with E-state index in [2.05, 4.69) is 0 Å². The van der Waals surface area contributed by atoms with Crippen LogP contribution in [0.1, 0.15) is 0 Å². The van der Waals surface area contributed by atoms with Gasteiger partial charge in [0.2, 0.25) is 0 Å². The van der Waals surface area contributed by atoms with Gasteiger partial charge in [-0.15, -0.1) is 0 Å². The van der Waals surface area contributed by atoms with Gasteiger partial charge in [0.25, 0.3) is 0 Å². The van der Waals surface area contributed by atoms with Crippen LogP contribution in [-0.2, 0) is 14.6 Å². The highest BCUT2D eigenvalue weighted by molar-refractivity contribution is 4.88. The maximum atomic E-state index is 10.2. The summed E-state index contributed by atoms with van der Waals surface area (Å²) in [5.74, 6) is 0. The molecule has 1 radical (unpaired) electrons. The van der Waals surface area contributed by atoms with Crippen molar-refractivity contribution in [2.75, 3.05) is 26.4 Å². The average Bonchev–Trinajstić information content (AvgIpc) is 2.51. The van der Waals surface area contributed by atoms with E-state index in [1.807, 2.05) is 0 Å². The van der Waals surface area contributed by atoms with E-state index < -0.39 is 31.0 Å².